The molecule has 7 atom stereocenters. The maximum absolute atomic E-state index is 13.9. The molecule has 2 saturated carbocycles. The molecule has 46 heavy (non-hydrogen) atoms. The molecule has 2 aliphatic carbocycles. The van der Waals surface area contributed by atoms with Crippen LogP contribution in [-0.4, -0.2) is 41.7 Å². The van der Waals surface area contributed by atoms with Crippen LogP contribution < -0.4 is 24.6 Å². The number of hydrogen-bond donors (Lipinski definition) is 2. The van der Waals surface area contributed by atoms with Crippen LogP contribution in [0.4, 0.5) is 11.4 Å². The monoisotopic (exact) mass is 653 g/mol. The highest BCUT2D eigenvalue weighted by Gasteiger charge is 2.69. The highest BCUT2D eigenvalue weighted by Crippen LogP contribution is 2.68. The fourth-order valence-corrected chi connectivity index (χ4v) is 11.2. The number of aryl methyl sites for hydroxylation is 1. The lowest BCUT2D eigenvalue weighted by Crippen LogP contribution is -2.42. The summed E-state index contributed by atoms with van der Waals surface area (Å²) < 4.78 is 11.6. The Morgan fingerprint density at radius 3 is 2.50 bits per heavy atom. The van der Waals surface area contributed by atoms with E-state index in [4.69, 9.17) is 9.47 Å². The third-order valence-corrected chi connectivity index (χ3v) is 12.5. The lowest BCUT2D eigenvalue weighted by molar-refractivity contribution is -0.123. The van der Waals surface area contributed by atoms with E-state index in [-0.39, 0.29) is 70.0 Å². The lowest BCUT2D eigenvalue weighted by Gasteiger charge is -2.43. The number of rotatable bonds is 7. The Bertz CT molecular complexity index is 1940. The first kappa shape index (κ1) is 29.1. The molecule has 1 saturated heterocycles. The number of fused-ring (bicyclic) bond motifs is 9. The number of amides is 3. The normalized spacial score (nSPS) is 27.3. The molecule has 0 radical (unpaired) electrons. The zero-order chi connectivity index (χ0) is 31.7. The van der Waals surface area contributed by atoms with Crippen LogP contribution in [0.15, 0.2) is 82.6 Å². The summed E-state index contributed by atoms with van der Waals surface area (Å²) in [6.45, 7) is 1.76. The van der Waals surface area contributed by atoms with Crippen molar-refractivity contribution in [3.8, 4) is 11.5 Å². The highest BCUT2D eigenvalue weighted by atomic mass is 32.2. The molecule has 1 aromatic heterocycles. The van der Waals surface area contributed by atoms with Crippen LogP contribution in [0.1, 0.15) is 28.3 Å². The van der Waals surface area contributed by atoms with Gasteiger partial charge in [-0.1, -0.05) is 47.7 Å². The van der Waals surface area contributed by atoms with E-state index < -0.39 is 0 Å². The van der Waals surface area contributed by atoms with Gasteiger partial charge < -0.3 is 19.8 Å². The van der Waals surface area contributed by atoms with Gasteiger partial charge in [0, 0.05) is 21.7 Å². The van der Waals surface area contributed by atoms with Gasteiger partial charge in [0.25, 0.3) is 5.91 Å². The summed E-state index contributed by atoms with van der Waals surface area (Å²) in [6.07, 6.45) is 0.807. The zero-order valence-corrected chi connectivity index (χ0v) is 26.7. The number of nitrogens with zero attached hydrogens (tertiary/aromatic N) is 1. The van der Waals surface area contributed by atoms with Crippen molar-refractivity contribution in [1.29, 1.82) is 0 Å². The van der Waals surface area contributed by atoms with Crippen LogP contribution in [0.2, 0.25) is 0 Å². The molecule has 0 spiro atoms. The molecular formula is C35H31N3O6S2. The molecule has 4 aliphatic rings. The largest absolute Gasteiger partial charge is 0.493 e. The first-order valence-corrected chi connectivity index (χ1v) is 17.0. The van der Waals surface area contributed by atoms with Crippen LogP contribution in [0, 0.1) is 36.5 Å². The lowest BCUT2D eigenvalue weighted by atomic mass is 9.68. The minimum absolute atomic E-state index is 0.000236. The number of aromatic nitrogens is 1. The molecule has 9 nitrogen and oxygen atoms in total. The Morgan fingerprint density at radius 2 is 1.74 bits per heavy atom. The summed E-state index contributed by atoms with van der Waals surface area (Å²) in [5.74, 6) is -0.417. The SMILES string of the molecule is COc1cc([C@H]2c3sc(=O)[nH]c3SC3C2[C@H]2C[C@@H]3C3C(=O)N(c4ccccc4)C(=O)C32)ccc1OCC(=O)Nc1cccc(C)c1. The number of thioether (sulfide) groups is 1. The highest BCUT2D eigenvalue weighted by molar-refractivity contribution is 8.00. The Labute approximate surface area is 273 Å². The predicted molar refractivity (Wildman–Crippen MR) is 176 cm³/mol. The molecule has 3 amide bonds. The van der Waals surface area contributed by atoms with E-state index in [0.29, 0.717) is 22.9 Å². The predicted octanol–water partition coefficient (Wildman–Crippen LogP) is 5.45. The minimum Gasteiger partial charge on any atom is -0.493 e. The third-order valence-electron chi connectivity index (χ3n) is 9.95. The van der Waals surface area contributed by atoms with Gasteiger partial charge in [-0.05, 0) is 78.6 Å². The van der Waals surface area contributed by atoms with Gasteiger partial charge in [-0.15, -0.1) is 11.8 Å². The van der Waals surface area contributed by atoms with Gasteiger partial charge in [-0.3, -0.25) is 24.1 Å². The summed E-state index contributed by atoms with van der Waals surface area (Å²) in [5.41, 5.74) is 3.30. The molecule has 4 aromatic rings. The maximum atomic E-state index is 13.9. The van der Waals surface area contributed by atoms with E-state index in [9.17, 15) is 19.2 Å². The molecule has 3 heterocycles. The molecule has 2 N–H and O–H groups in total. The van der Waals surface area contributed by atoms with Crippen molar-refractivity contribution in [3.05, 3.63) is 98.5 Å². The molecular weight excluding hydrogens is 623 g/mol. The summed E-state index contributed by atoms with van der Waals surface area (Å²) in [7, 11) is 1.56. The Balaban J connectivity index is 1.09. The summed E-state index contributed by atoms with van der Waals surface area (Å²) >= 11 is 2.87. The number of anilines is 2. The molecule has 234 valence electrons. The first-order valence-electron chi connectivity index (χ1n) is 15.3. The molecule has 11 heteroatoms. The van der Waals surface area contributed by atoms with Crippen LogP contribution in [0.5, 0.6) is 11.5 Å². The number of carbonyl (C=O) groups is 3. The van der Waals surface area contributed by atoms with E-state index in [2.05, 4.69) is 10.3 Å². The van der Waals surface area contributed by atoms with Crippen molar-refractivity contribution in [3.63, 3.8) is 0 Å². The van der Waals surface area contributed by atoms with E-state index in [0.717, 1.165) is 27.5 Å². The number of benzene rings is 3. The fourth-order valence-electron chi connectivity index (χ4n) is 8.28. The van der Waals surface area contributed by atoms with E-state index in [1.165, 1.54) is 16.2 Å². The number of hydrogen-bond acceptors (Lipinski definition) is 8. The van der Waals surface area contributed by atoms with Gasteiger partial charge in [0.1, 0.15) is 0 Å². The van der Waals surface area contributed by atoms with Crippen molar-refractivity contribution in [2.45, 2.75) is 29.5 Å². The third kappa shape index (κ3) is 4.59. The summed E-state index contributed by atoms with van der Waals surface area (Å²) in [4.78, 5) is 58.3. The van der Waals surface area contributed by atoms with Crippen molar-refractivity contribution in [2.75, 3.05) is 23.9 Å². The second-order valence-corrected chi connectivity index (χ2v) is 14.6. The Kier molecular flexibility index (Phi) is 7.06. The number of para-hydroxylation sites is 1. The summed E-state index contributed by atoms with van der Waals surface area (Å²) in [5, 5.41) is 3.77. The number of thiazole rings is 1. The van der Waals surface area contributed by atoms with Crippen LogP contribution in [0.3, 0.4) is 0 Å². The standard InChI is InChI=1S/C35H31N3O6S2/c1-17-7-6-8-19(13-17)36-25(39)16-44-23-12-11-18(14-24(23)43-2)26-27-21-15-22(30(27)45-32-31(26)46-35(42)37-32)29-28(21)33(40)38(34(29)41)20-9-4-3-5-10-20/h3-14,21-22,26-30H,15-16H2,1-2H3,(H,36,39)(H,37,42)/t21-,22-,26-,27?,28?,29?,30?/m1/s1. The van der Waals surface area contributed by atoms with Gasteiger partial charge in [0.15, 0.2) is 18.1 Å². The average Bonchev–Trinajstić information content (AvgIpc) is 3.79. The molecule has 3 aromatic carbocycles. The van der Waals surface area contributed by atoms with Gasteiger partial charge >= 0.3 is 4.87 Å². The van der Waals surface area contributed by atoms with Crippen LogP contribution in [0.25, 0.3) is 0 Å². The van der Waals surface area contributed by atoms with Crippen LogP contribution in [-0.2, 0) is 14.4 Å². The number of carbonyl (C=O) groups excluding carboxylic acids is 3. The van der Waals surface area contributed by atoms with Crippen molar-refractivity contribution >= 4 is 52.2 Å². The van der Waals surface area contributed by atoms with Crippen molar-refractivity contribution in [2.24, 2.45) is 29.6 Å². The smallest absolute Gasteiger partial charge is 0.305 e. The maximum Gasteiger partial charge on any atom is 0.305 e. The van der Waals surface area contributed by atoms with E-state index in [1.54, 1.807) is 24.9 Å². The van der Waals surface area contributed by atoms with Crippen molar-refractivity contribution in [1.82, 2.24) is 4.98 Å². The topological polar surface area (TPSA) is 118 Å². The Morgan fingerprint density at radius 1 is 0.957 bits per heavy atom. The molecule has 4 unspecified atom stereocenters. The van der Waals surface area contributed by atoms with E-state index in [1.807, 2.05) is 73.7 Å². The number of H-pyrrole nitrogens is 1. The van der Waals surface area contributed by atoms with E-state index >= 15 is 0 Å². The van der Waals surface area contributed by atoms with Crippen molar-refractivity contribution < 1.29 is 23.9 Å². The Hall–Kier alpha value is -4.35. The first-order chi connectivity index (χ1) is 22.3. The van der Waals surface area contributed by atoms with Gasteiger partial charge in [0.2, 0.25) is 11.8 Å². The van der Waals surface area contributed by atoms with Gasteiger partial charge in [-0.25, -0.2) is 0 Å². The van der Waals surface area contributed by atoms with Crippen LogP contribution >= 0.6 is 23.1 Å². The number of ether oxygens (including phenoxy) is 2. The number of aromatic amines is 1. The summed E-state index contributed by atoms with van der Waals surface area (Å²) in [6, 6.07) is 22.4. The molecule has 2 bridgehead atoms. The van der Waals surface area contributed by atoms with Gasteiger partial charge in [-0.2, -0.15) is 0 Å². The number of nitrogens with one attached hydrogen (secondary N) is 2. The number of imide groups is 1. The second-order valence-electron chi connectivity index (χ2n) is 12.4. The zero-order valence-electron chi connectivity index (χ0n) is 25.1. The quantitative estimate of drug-likeness (QED) is 0.255. The molecule has 3 fully saturated rings. The molecule has 8 rings (SSSR count). The number of methoxy groups -OCH3 is 1. The molecule has 2 aliphatic heterocycles. The average molecular weight is 654 g/mol. The second kappa shape index (κ2) is 11.2. The minimum atomic E-state index is -0.379. The fraction of sp³-hybridized carbons (Fsp3) is 0.314. The van der Waals surface area contributed by atoms with Gasteiger partial charge in [0.05, 0.1) is 29.7 Å².